The predicted octanol–water partition coefficient (Wildman–Crippen LogP) is 6.98. The van der Waals surface area contributed by atoms with Crippen molar-refractivity contribution in [1.82, 2.24) is 10.1 Å². The van der Waals surface area contributed by atoms with Gasteiger partial charge in [0.1, 0.15) is 6.04 Å². The molecule has 0 aliphatic carbocycles. The summed E-state index contributed by atoms with van der Waals surface area (Å²) in [6.07, 6.45) is 2.03. The van der Waals surface area contributed by atoms with Gasteiger partial charge >= 0.3 is 0 Å². The number of aromatic nitrogens is 2. The largest absolute Gasteiger partial charge is 0.334 e. The number of azo groups is 1. The molecule has 0 saturated carbocycles. The summed E-state index contributed by atoms with van der Waals surface area (Å²) in [5, 5.41) is 12.9. The van der Waals surface area contributed by atoms with Crippen LogP contribution in [-0.2, 0) is 12.8 Å². The lowest BCUT2D eigenvalue weighted by Gasteiger charge is -2.11. The number of fused-ring (bicyclic) bond motifs is 1. The minimum absolute atomic E-state index is 0.128. The zero-order valence-electron chi connectivity index (χ0n) is 17.7. The van der Waals surface area contributed by atoms with E-state index in [1.54, 1.807) is 0 Å². The molecule has 5 rings (SSSR count). The Balaban J connectivity index is 1.30. The van der Waals surface area contributed by atoms with Crippen LogP contribution in [0.3, 0.4) is 0 Å². The van der Waals surface area contributed by atoms with Crippen molar-refractivity contribution >= 4 is 5.69 Å². The Bertz CT molecular complexity index is 1210. The van der Waals surface area contributed by atoms with Gasteiger partial charge in [0.15, 0.2) is 0 Å². The van der Waals surface area contributed by atoms with Crippen molar-refractivity contribution in [3.05, 3.63) is 89.5 Å². The third-order valence-electron chi connectivity index (χ3n) is 5.70. The van der Waals surface area contributed by atoms with Crippen LogP contribution in [0.15, 0.2) is 87.5 Å². The summed E-state index contributed by atoms with van der Waals surface area (Å²) < 4.78 is 5.54. The topological polar surface area (TPSA) is 63.6 Å². The highest BCUT2D eigenvalue weighted by Gasteiger charge is 2.24. The van der Waals surface area contributed by atoms with Gasteiger partial charge in [0.25, 0.3) is 5.89 Å². The molecule has 4 aromatic rings. The van der Waals surface area contributed by atoms with E-state index in [4.69, 9.17) is 4.52 Å². The summed E-state index contributed by atoms with van der Waals surface area (Å²) >= 11 is 0. The predicted molar refractivity (Wildman–Crippen MR) is 121 cm³/mol. The molecular weight excluding hydrogens is 384 g/mol. The minimum atomic E-state index is 0.128. The molecule has 1 aromatic heterocycles. The van der Waals surface area contributed by atoms with Gasteiger partial charge in [-0.1, -0.05) is 79.7 Å². The van der Waals surface area contributed by atoms with Crippen LogP contribution in [0.1, 0.15) is 36.6 Å². The fraction of sp³-hybridized carbons (Fsp3) is 0.231. The monoisotopic (exact) mass is 408 g/mol. The van der Waals surface area contributed by atoms with Crippen LogP contribution in [0.2, 0.25) is 0 Å². The molecule has 0 amide bonds. The Morgan fingerprint density at radius 1 is 0.839 bits per heavy atom. The molecule has 1 aliphatic heterocycles. The van der Waals surface area contributed by atoms with E-state index in [0.717, 1.165) is 35.2 Å². The highest BCUT2D eigenvalue weighted by Crippen LogP contribution is 2.41. The van der Waals surface area contributed by atoms with Crippen molar-refractivity contribution in [3.63, 3.8) is 0 Å². The number of aryl methyl sites for hydroxylation is 2. The third-order valence-corrected chi connectivity index (χ3v) is 5.70. The minimum Gasteiger partial charge on any atom is -0.334 e. The van der Waals surface area contributed by atoms with Gasteiger partial charge in [0.05, 0.1) is 5.69 Å². The maximum absolute atomic E-state index is 5.54. The third kappa shape index (κ3) is 4.04. The highest BCUT2D eigenvalue weighted by molar-refractivity contribution is 5.66. The normalized spacial score (nSPS) is 14.9. The fourth-order valence-corrected chi connectivity index (χ4v) is 3.90. The summed E-state index contributed by atoms with van der Waals surface area (Å²) in [5.41, 5.74) is 6.49. The van der Waals surface area contributed by atoms with Gasteiger partial charge in [-0.15, -0.1) is 0 Å². The second kappa shape index (κ2) is 8.26. The Morgan fingerprint density at radius 3 is 2.29 bits per heavy atom. The van der Waals surface area contributed by atoms with Crippen molar-refractivity contribution < 1.29 is 4.52 Å². The molecule has 0 radical (unpaired) electrons. The summed E-state index contributed by atoms with van der Waals surface area (Å²) in [7, 11) is 0. The summed E-state index contributed by atoms with van der Waals surface area (Å²) in [4.78, 5) is 4.60. The fourth-order valence-electron chi connectivity index (χ4n) is 3.90. The summed E-state index contributed by atoms with van der Waals surface area (Å²) in [6, 6.07) is 25.1. The molecule has 0 spiro atoms. The van der Waals surface area contributed by atoms with E-state index >= 15 is 0 Å². The van der Waals surface area contributed by atoms with Gasteiger partial charge in [-0.3, -0.25) is 0 Å². The Labute approximate surface area is 181 Å². The molecule has 0 saturated heterocycles. The van der Waals surface area contributed by atoms with Crippen LogP contribution in [0, 0.1) is 5.92 Å². The van der Waals surface area contributed by atoms with E-state index in [9.17, 15) is 0 Å². The molecule has 1 unspecified atom stereocenters. The summed E-state index contributed by atoms with van der Waals surface area (Å²) in [6.45, 7) is 4.31. The van der Waals surface area contributed by atoms with Crippen LogP contribution in [0.5, 0.6) is 0 Å². The smallest absolute Gasteiger partial charge is 0.258 e. The van der Waals surface area contributed by atoms with E-state index in [1.807, 2.05) is 18.2 Å². The number of benzene rings is 3. The highest BCUT2D eigenvalue weighted by atomic mass is 16.5. The zero-order valence-corrected chi connectivity index (χ0v) is 17.7. The van der Waals surface area contributed by atoms with Crippen molar-refractivity contribution in [3.8, 4) is 22.8 Å². The van der Waals surface area contributed by atoms with Crippen molar-refractivity contribution in [2.24, 2.45) is 16.1 Å². The van der Waals surface area contributed by atoms with Crippen LogP contribution >= 0.6 is 0 Å². The van der Waals surface area contributed by atoms with Gasteiger partial charge in [0, 0.05) is 16.7 Å². The number of nitrogens with zero attached hydrogens (tertiary/aromatic N) is 4. The van der Waals surface area contributed by atoms with Crippen LogP contribution in [-0.4, -0.2) is 10.1 Å². The lowest BCUT2D eigenvalue weighted by molar-refractivity contribution is 0.432. The molecule has 31 heavy (non-hydrogen) atoms. The lowest BCUT2D eigenvalue weighted by Crippen LogP contribution is -2.00. The second-order valence-corrected chi connectivity index (χ2v) is 8.28. The molecule has 5 nitrogen and oxygen atoms in total. The van der Waals surface area contributed by atoms with Crippen LogP contribution < -0.4 is 0 Å². The van der Waals surface area contributed by atoms with Crippen molar-refractivity contribution in [2.45, 2.75) is 32.7 Å². The summed E-state index contributed by atoms with van der Waals surface area (Å²) in [5.74, 6) is 1.50. The molecule has 0 N–H and O–H groups in total. The SMILES string of the molecule is CC(C)C1N=Nc2cc(-c3nc(-c4ccc(CCc5ccccc5)cc4)no3)ccc21. The molecule has 1 atom stereocenters. The lowest BCUT2D eigenvalue weighted by atomic mass is 9.95. The van der Waals surface area contributed by atoms with Crippen LogP contribution in [0.25, 0.3) is 22.8 Å². The Morgan fingerprint density at radius 2 is 1.55 bits per heavy atom. The molecule has 0 fully saturated rings. The molecule has 1 aliphatic rings. The van der Waals surface area contributed by atoms with E-state index in [1.165, 1.54) is 11.1 Å². The van der Waals surface area contributed by atoms with Gasteiger partial charge in [-0.25, -0.2) is 0 Å². The van der Waals surface area contributed by atoms with E-state index in [2.05, 4.69) is 88.8 Å². The first-order valence-electron chi connectivity index (χ1n) is 10.7. The Hall–Kier alpha value is -3.60. The second-order valence-electron chi connectivity index (χ2n) is 8.28. The van der Waals surface area contributed by atoms with E-state index < -0.39 is 0 Å². The quantitative estimate of drug-likeness (QED) is 0.345. The van der Waals surface area contributed by atoms with Gasteiger partial charge in [-0.2, -0.15) is 15.2 Å². The van der Waals surface area contributed by atoms with Gasteiger partial charge in [-0.05, 0) is 42.0 Å². The standard InChI is InChI=1S/C26H24N4O/c1-17(2)24-22-15-14-21(16-23(22)28-29-24)26-27-25(30-31-26)20-12-10-19(11-13-20)9-8-18-6-4-3-5-7-18/h3-7,10-17,24H,8-9H2,1-2H3. The molecular formula is C26H24N4O. The van der Waals surface area contributed by atoms with E-state index in [0.29, 0.717) is 17.6 Å². The van der Waals surface area contributed by atoms with E-state index in [-0.39, 0.29) is 6.04 Å². The Kier molecular flexibility index (Phi) is 5.16. The van der Waals surface area contributed by atoms with Crippen LogP contribution in [0.4, 0.5) is 5.69 Å². The van der Waals surface area contributed by atoms with Gasteiger partial charge in [0.2, 0.25) is 5.82 Å². The first kappa shape index (κ1) is 19.4. The maximum Gasteiger partial charge on any atom is 0.258 e. The molecule has 3 aromatic carbocycles. The molecule has 0 bridgehead atoms. The molecule has 154 valence electrons. The number of hydrogen-bond donors (Lipinski definition) is 0. The van der Waals surface area contributed by atoms with Gasteiger partial charge < -0.3 is 4.52 Å². The van der Waals surface area contributed by atoms with Crippen molar-refractivity contribution in [2.75, 3.05) is 0 Å². The average Bonchev–Trinajstić information content (AvgIpc) is 3.46. The maximum atomic E-state index is 5.54. The molecule has 5 heteroatoms. The number of hydrogen-bond acceptors (Lipinski definition) is 5. The molecule has 2 heterocycles. The first-order chi connectivity index (χ1) is 15.2. The average molecular weight is 409 g/mol. The van der Waals surface area contributed by atoms with Crippen molar-refractivity contribution in [1.29, 1.82) is 0 Å². The number of rotatable bonds is 6. The zero-order chi connectivity index (χ0) is 21.2. The first-order valence-corrected chi connectivity index (χ1v) is 10.7.